The zero-order chi connectivity index (χ0) is 11.3. The van der Waals surface area contributed by atoms with Gasteiger partial charge in [-0.05, 0) is 32.1 Å². The zero-order valence-corrected chi connectivity index (χ0v) is 10.5. The van der Waals surface area contributed by atoms with E-state index in [-0.39, 0.29) is 16.7 Å². The van der Waals surface area contributed by atoms with Gasteiger partial charge in [-0.15, -0.1) is 0 Å². The first-order valence-electron chi connectivity index (χ1n) is 6.61. The number of hydrogen-bond acceptors (Lipinski definition) is 3. The molecule has 3 fully saturated rings. The van der Waals surface area contributed by atoms with Crippen LogP contribution in [0.15, 0.2) is 0 Å². The normalized spacial score (nSPS) is 40.9. The molecule has 0 radical (unpaired) electrons. The van der Waals surface area contributed by atoms with Crippen LogP contribution >= 0.6 is 0 Å². The summed E-state index contributed by atoms with van der Waals surface area (Å²) in [4.78, 5) is 0. The summed E-state index contributed by atoms with van der Waals surface area (Å²) in [5, 5.41) is 3.62. The minimum absolute atomic E-state index is 0.00375. The van der Waals surface area contributed by atoms with Crippen molar-refractivity contribution in [1.29, 1.82) is 0 Å². The predicted molar refractivity (Wildman–Crippen MR) is 62.2 cm³/mol. The largest absolute Gasteiger partial charge is 0.378 e. The molecule has 2 spiro atoms. The Balaban J connectivity index is 1.85. The molecule has 2 saturated heterocycles. The first kappa shape index (κ1) is 11.0. The van der Waals surface area contributed by atoms with E-state index < -0.39 is 0 Å². The van der Waals surface area contributed by atoms with Gasteiger partial charge < -0.3 is 9.47 Å². The van der Waals surface area contributed by atoms with E-state index in [2.05, 4.69) is 19.2 Å². The average Bonchev–Trinajstić information content (AvgIpc) is 2.22. The lowest BCUT2D eigenvalue weighted by molar-refractivity contribution is -0.302. The van der Waals surface area contributed by atoms with Gasteiger partial charge >= 0.3 is 0 Å². The van der Waals surface area contributed by atoms with E-state index in [4.69, 9.17) is 9.47 Å². The number of hydrogen-bond donors (Lipinski definition) is 1. The van der Waals surface area contributed by atoms with Crippen LogP contribution in [0.2, 0.25) is 0 Å². The number of nitrogens with one attached hydrogen (secondary N) is 1. The average molecular weight is 225 g/mol. The predicted octanol–water partition coefficient (Wildman–Crippen LogP) is 2.06. The Morgan fingerprint density at radius 1 is 1.06 bits per heavy atom. The topological polar surface area (TPSA) is 30.5 Å². The second kappa shape index (κ2) is 3.44. The Bertz CT molecular complexity index is 278. The van der Waals surface area contributed by atoms with E-state index in [1.807, 2.05) is 0 Å². The summed E-state index contributed by atoms with van der Waals surface area (Å²) in [5.41, 5.74) is 0.126. The molecular weight excluding hydrogens is 202 g/mol. The molecule has 0 aromatic heterocycles. The molecule has 2 heterocycles. The number of ether oxygens (including phenoxy) is 2. The van der Waals surface area contributed by atoms with Gasteiger partial charge in [0.25, 0.3) is 0 Å². The smallest absolute Gasteiger partial charge is 0.120 e. The molecule has 0 aromatic carbocycles. The molecule has 3 rings (SSSR count). The molecule has 16 heavy (non-hydrogen) atoms. The maximum atomic E-state index is 6.52. The first-order valence-corrected chi connectivity index (χ1v) is 6.61. The van der Waals surface area contributed by atoms with Crippen molar-refractivity contribution >= 4 is 0 Å². The van der Waals surface area contributed by atoms with Crippen LogP contribution < -0.4 is 5.32 Å². The molecule has 0 bridgehead atoms. The summed E-state index contributed by atoms with van der Waals surface area (Å²) in [6.07, 6.45) is 5.93. The molecule has 1 aliphatic carbocycles. The van der Waals surface area contributed by atoms with Crippen molar-refractivity contribution in [3.05, 3.63) is 0 Å². The van der Waals surface area contributed by atoms with Gasteiger partial charge in [-0.2, -0.15) is 0 Å². The summed E-state index contributed by atoms with van der Waals surface area (Å²) in [6.45, 7) is 7.35. The standard InChI is InChI=1S/C13H23NO2/c1-11(2)9-14-13(6-3-7-13)16-12(11)5-4-8-15-10-12/h14H,3-10H2,1-2H3. The molecule has 1 N–H and O–H groups in total. The van der Waals surface area contributed by atoms with Crippen molar-refractivity contribution in [3.8, 4) is 0 Å². The molecule has 1 saturated carbocycles. The van der Waals surface area contributed by atoms with Crippen molar-refractivity contribution < 1.29 is 9.47 Å². The fourth-order valence-electron chi connectivity index (χ4n) is 3.25. The molecule has 3 heteroatoms. The van der Waals surface area contributed by atoms with Gasteiger partial charge in [-0.1, -0.05) is 13.8 Å². The maximum Gasteiger partial charge on any atom is 0.120 e. The monoisotopic (exact) mass is 225 g/mol. The number of rotatable bonds is 0. The summed E-state index contributed by atoms with van der Waals surface area (Å²) in [6, 6.07) is 0. The van der Waals surface area contributed by atoms with Crippen LogP contribution in [0.5, 0.6) is 0 Å². The summed E-state index contributed by atoms with van der Waals surface area (Å²) in [7, 11) is 0. The quantitative estimate of drug-likeness (QED) is 0.684. The fourth-order valence-corrected chi connectivity index (χ4v) is 3.25. The second-order valence-corrected chi connectivity index (χ2v) is 6.34. The minimum Gasteiger partial charge on any atom is -0.378 e. The van der Waals surface area contributed by atoms with Gasteiger partial charge in [-0.25, -0.2) is 0 Å². The van der Waals surface area contributed by atoms with Crippen LogP contribution in [0.1, 0.15) is 46.0 Å². The highest BCUT2D eigenvalue weighted by Crippen LogP contribution is 2.50. The molecule has 0 amide bonds. The van der Waals surface area contributed by atoms with E-state index >= 15 is 0 Å². The van der Waals surface area contributed by atoms with Gasteiger partial charge in [0.05, 0.1) is 6.61 Å². The van der Waals surface area contributed by atoms with Gasteiger partial charge in [-0.3, -0.25) is 5.32 Å². The van der Waals surface area contributed by atoms with E-state index in [1.165, 1.54) is 19.3 Å². The molecule has 2 aliphatic heterocycles. The summed E-state index contributed by atoms with van der Waals surface area (Å²) < 4.78 is 12.2. The highest BCUT2D eigenvalue weighted by molar-refractivity contribution is 5.06. The van der Waals surface area contributed by atoms with E-state index in [1.54, 1.807) is 0 Å². The Labute approximate surface area is 97.9 Å². The van der Waals surface area contributed by atoms with E-state index in [0.717, 1.165) is 32.6 Å². The van der Waals surface area contributed by atoms with Crippen LogP contribution in [0, 0.1) is 5.41 Å². The lowest BCUT2D eigenvalue weighted by Crippen LogP contribution is -2.71. The molecule has 92 valence electrons. The minimum atomic E-state index is -0.0447. The molecule has 1 unspecified atom stereocenters. The van der Waals surface area contributed by atoms with Crippen molar-refractivity contribution in [3.63, 3.8) is 0 Å². The Morgan fingerprint density at radius 3 is 2.44 bits per heavy atom. The molecule has 0 aromatic rings. The fraction of sp³-hybridized carbons (Fsp3) is 1.00. The van der Waals surface area contributed by atoms with Crippen molar-refractivity contribution in [2.24, 2.45) is 5.41 Å². The highest BCUT2D eigenvalue weighted by atomic mass is 16.6. The van der Waals surface area contributed by atoms with Crippen molar-refractivity contribution in [2.75, 3.05) is 19.8 Å². The van der Waals surface area contributed by atoms with Crippen LogP contribution in [0.25, 0.3) is 0 Å². The van der Waals surface area contributed by atoms with Crippen LogP contribution in [-0.4, -0.2) is 31.1 Å². The molecule has 3 nitrogen and oxygen atoms in total. The van der Waals surface area contributed by atoms with Gasteiger partial charge in [0.15, 0.2) is 0 Å². The Kier molecular flexibility index (Phi) is 2.36. The van der Waals surface area contributed by atoms with Gasteiger partial charge in [0.2, 0.25) is 0 Å². The molecular formula is C13H23NO2. The second-order valence-electron chi connectivity index (χ2n) is 6.34. The zero-order valence-electron chi connectivity index (χ0n) is 10.5. The van der Waals surface area contributed by atoms with Crippen molar-refractivity contribution in [1.82, 2.24) is 5.32 Å². The third kappa shape index (κ3) is 1.45. The SMILES string of the molecule is CC1(C)CNC2(CCC2)OC12CCCOC2. The lowest BCUT2D eigenvalue weighted by Gasteiger charge is -2.60. The van der Waals surface area contributed by atoms with Gasteiger partial charge in [0.1, 0.15) is 11.3 Å². The van der Waals surface area contributed by atoms with Crippen LogP contribution in [0.4, 0.5) is 0 Å². The highest BCUT2D eigenvalue weighted by Gasteiger charge is 2.57. The summed E-state index contributed by atoms with van der Waals surface area (Å²) >= 11 is 0. The summed E-state index contributed by atoms with van der Waals surface area (Å²) in [5.74, 6) is 0. The van der Waals surface area contributed by atoms with Crippen LogP contribution in [-0.2, 0) is 9.47 Å². The lowest BCUT2D eigenvalue weighted by atomic mass is 9.68. The van der Waals surface area contributed by atoms with E-state index in [0.29, 0.717) is 0 Å². The first-order chi connectivity index (χ1) is 7.58. The van der Waals surface area contributed by atoms with Gasteiger partial charge in [0, 0.05) is 18.6 Å². The Hall–Kier alpha value is -0.120. The van der Waals surface area contributed by atoms with E-state index in [9.17, 15) is 0 Å². The van der Waals surface area contributed by atoms with Crippen LogP contribution in [0.3, 0.4) is 0 Å². The Morgan fingerprint density at radius 2 is 1.88 bits per heavy atom. The molecule has 3 aliphatic rings. The third-order valence-corrected chi connectivity index (χ3v) is 4.84. The molecule has 1 atom stereocenters. The third-order valence-electron chi connectivity index (χ3n) is 4.84. The maximum absolute atomic E-state index is 6.52. The van der Waals surface area contributed by atoms with Crippen molar-refractivity contribution in [2.45, 2.75) is 57.3 Å².